The molecule has 0 spiro atoms. The van der Waals surface area contributed by atoms with Crippen molar-refractivity contribution < 1.29 is 4.74 Å². The van der Waals surface area contributed by atoms with Crippen molar-refractivity contribution in [1.29, 1.82) is 0 Å². The SMILES string of the molecule is CCC1CCCC(Oc2ncccc2CNC(C)C)C1. The summed E-state index contributed by atoms with van der Waals surface area (Å²) in [6.07, 6.45) is 8.45. The van der Waals surface area contributed by atoms with Crippen LogP contribution in [-0.4, -0.2) is 17.1 Å². The van der Waals surface area contributed by atoms with E-state index in [1.807, 2.05) is 12.3 Å². The van der Waals surface area contributed by atoms with E-state index in [9.17, 15) is 0 Å². The first-order valence-corrected chi connectivity index (χ1v) is 8.03. The van der Waals surface area contributed by atoms with Crippen LogP contribution in [0.3, 0.4) is 0 Å². The van der Waals surface area contributed by atoms with Crippen molar-refractivity contribution in [3.8, 4) is 5.88 Å². The number of rotatable bonds is 6. The maximum absolute atomic E-state index is 6.20. The second-order valence-electron chi connectivity index (χ2n) is 6.18. The quantitative estimate of drug-likeness (QED) is 0.855. The molecule has 2 atom stereocenters. The Labute approximate surface area is 123 Å². The van der Waals surface area contributed by atoms with Crippen LogP contribution in [-0.2, 0) is 6.54 Å². The van der Waals surface area contributed by atoms with Crippen LogP contribution in [0.2, 0.25) is 0 Å². The van der Waals surface area contributed by atoms with Crippen molar-refractivity contribution in [2.75, 3.05) is 0 Å². The standard InChI is InChI=1S/C17H28N2O/c1-4-14-7-5-9-16(11-14)20-17-15(8-6-10-18-17)12-19-13(2)3/h6,8,10,13-14,16,19H,4-5,7,9,11-12H2,1-3H3. The summed E-state index contributed by atoms with van der Waals surface area (Å²) in [5, 5.41) is 3.44. The minimum atomic E-state index is 0.349. The molecule has 20 heavy (non-hydrogen) atoms. The molecule has 1 aliphatic carbocycles. The summed E-state index contributed by atoms with van der Waals surface area (Å²) in [6, 6.07) is 4.57. The Morgan fingerprint density at radius 2 is 2.25 bits per heavy atom. The van der Waals surface area contributed by atoms with Crippen LogP contribution in [0.5, 0.6) is 5.88 Å². The third kappa shape index (κ3) is 4.48. The third-order valence-electron chi connectivity index (χ3n) is 4.14. The van der Waals surface area contributed by atoms with Crippen LogP contribution in [0.4, 0.5) is 0 Å². The predicted octanol–water partition coefficient (Wildman–Crippen LogP) is 3.93. The summed E-state index contributed by atoms with van der Waals surface area (Å²) in [6.45, 7) is 7.42. The van der Waals surface area contributed by atoms with E-state index in [2.05, 4.69) is 37.1 Å². The fourth-order valence-electron chi connectivity index (χ4n) is 2.86. The zero-order valence-electron chi connectivity index (χ0n) is 13.1. The highest BCUT2D eigenvalue weighted by Crippen LogP contribution is 2.29. The number of ether oxygens (including phenoxy) is 1. The Morgan fingerprint density at radius 3 is 3.00 bits per heavy atom. The van der Waals surface area contributed by atoms with E-state index >= 15 is 0 Å². The second kappa shape index (κ2) is 7.63. The topological polar surface area (TPSA) is 34.1 Å². The first kappa shape index (κ1) is 15.3. The zero-order valence-corrected chi connectivity index (χ0v) is 13.1. The number of nitrogens with zero attached hydrogens (tertiary/aromatic N) is 1. The van der Waals surface area contributed by atoms with Gasteiger partial charge in [-0.25, -0.2) is 4.98 Å². The molecular formula is C17H28N2O. The van der Waals surface area contributed by atoms with Crippen LogP contribution in [0, 0.1) is 5.92 Å². The summed E-state index contributed by atoms with van der Waals surface area (Å²) < 4.78 is 6.20. The molecule has 2 unspecified atom stereocenters. The van der Waals surface area contributed by atoms with Crippen molar-refractivity contribution in [2.24, 2.45) is 5.92 Å². The Balaban J connectivity index is 1.97. The molecule has 3 nitrogen and oxygen atoms in total. The molecule has 0 bridgehead atoms. The normalized spacial score (nSPS) is 23.0. The molecular weight excluding hydrogens is 248 g/mol. The molecule has 1 N–H and O–H groups in total. The van der Waals surface area contributed by atoms with Gasteiger partial charge in [0.25, 0.3) is 0 Å². The highest BCUT2D eigenvalue weighted by atomic mass is 16.5. The Hall–Kier alpha value is -1.09. The Kier molecular flexibility index (Phi) is 5.84. The van der Waals surface area contributed by atoms with E-state index in [1.54, 1.807) is 0 Å². The minimum Gasteiger partial charge on any atom is -0.474 e. The molecule has 0 aliphatic heterocycles. The lowest BCUT2D eigenvalue weighted by Gasteiger charge is -2.29. The maximum atomic E-state index is 6.20. The fourth-order valence-corrected chi connectivity index (χ4v) is 2.86. The summed E-state index contributed by atoms with van der Waals surface area (Å²) in [5.41, 5.74) is 1.17. The summed E-state index contributed by atoms with van der Waals surface area (Å²) in [4.78, 5) is 4.44. The first-order chi connectivity index (χ1) is 9.69. The van der Waals surface area contributed by atoms with Crippen LogP contribution in [0.1, 0.15) is 58.4 Å². The molecule has 112 valence electrons. The molecule has 0 radical (unpaired) electrons. The van der Waals surface area contributed by atoms with Gasteiger partial charge >= 0.3 is 0 Å². The molecule has 1 aromatic rings. The zero-order chi connectivity index (χ0) is 14.4. The van der Waals surface area contributed by atoms with Crippen molar-refractivity contribution in [3.63, 3.8) is 0 Å². The average molecular weight is 276 g/mol. The number of hydrogen-bond acceptors (Lipinski definition) is 3. The van der Waals surface area contributed by atoms with E-state index in [1.165, 1.54) is 37.7 Å². The maximum Gasteiger partial charge on any atom is 0.218 e. The summed E-state index contributed by atoms with van der Waals surface area (Å²) in [5.74, 6) is 1.65. The van der Waals surface area contributed by atoms with Gasteiger partial charge in [0.15, 0.2) is 0 Å². The van der Waals surface area contributed by atoms with E-state index in [-0.39, 0.29) is 0 Å². The number of hydrogen-bond donors (Lipinski definition) is 1. The van der Waals surface area contributed by atoms with Gasteiger partial charge in [0, 0.05) is 24.3 Å². The smallest absolute Gasteiger partial charge is 0.218 e. The Morgan fingerprint density at radius 1 is 1.40 bits per heavy atom. The fraction of sp³-hybridized carbons (Fsp3) is 0.706. The minimum absolute atomic E-state index is 0.349. The van der Waals surface area contributed by atoms with E-state index < -0.39 is 0 Å². The van der Waals surface area contributed by atoms with Crippen LogP contribution < -0.4 is 10.1 Å². The molecule has 3 heteroatoms. The second-order valence-corrected chi connectivity index (χ2v) is 6.18. The summed E-state index contributed by atoms with van der Waals surface area (Å²) >= 11 is 0. The molecule has 1 aromatic heterocycles. The van der Waals surface area contributed by atoms with Crippen molar-refractivity contribution in [1.82, 2.24) is 10.3 Å². The first-order valence-electron chi connectivity index (χ1n) is 8.03. The van der Waals surface area contributed by atoms with Crippen LogP contribution in [0.25, 0.3) is 0 Å². The van der Waals surface area contributed by atoms with Crippen LogP contribution >= 0.6 is 0 Å². The lowest BCUT2D eigenvalue weighted by molar-refractivity contribution is 0.115. The lowest BCUT2D eigenvalue weighted by atomic mass is 9.85. The number of pyridine rings is 1. The molecule has 1 saturated carbocycles. The van der Waals surface area contributed by atoms with Gasteiger partial charge in [0.05, 0.1) is 0 Å². The molecule has 1 heterocycles. The van der Waals surface area contributed by atoms with Gasteiger partial charge in [-0.1, -0.05) is 39.7 Å². The summed E-state index contributed by atoms with van der Waals surface area (Å²) in [7, 11) is 0. The molecule has 0 amide bonds. The van der Waals surface area contributed by atoms with E-state index in [0.717, 1.165) is 18.3 Å². The highest BCUT2D eigenvalue weighted by molar-refractivity contribution is 5.25. The molecule has 0 aromatic carbocycles. The van der Waals surface area contributed by atoms with Gasteiger partial charge in [-0.3, -0.25) is 0 Å². The third-order valence-corrected chi connectivity index (χ3v) is 4.14. The number of aromatic nitrogens is 1. The van der Waals surface area contributed by atoms with Crippen LogP contribution in [0.15, 0.2) is 18.3 Å². The largest absolute Gasteiger partial charge is 0.474 e. The Bertz CT molecular complexity index is 406. The molecule has 1 fully saturated rings. The van der Waals surface area contributed by atoms with Gasteiger partial charge < -0.3 is 10.1 Å². The molecule has 1 aliphatic rings. The number of nitrogens with one attached hydrogen (secondary N) is 1. The van der Waals surface area contributed by atoms with Gasteiger partial charge in [-0.15, -0.1) is 0 Å². The highest BCUT2D eigenvalue weighted by Gasteiger charge is 2.23. The van der Waals surface area contributed by atoms with Gasteiger partial charge in [0.1, 0.15) is 6.10 Å². The predicted molar refractivity (Wildman–Crippen MR) is 82.9 cm³/mol. The van der Waals surface area contributed by atoms with E-state index in [0.29, 0.717) is 12.1 Å². The molecule has 0 saturated heterocycles. The van der Waals surface area contributed by atoms with Crippen molar-refractivity contribution in [3.05, 3.63) is 23.9 Å². The van der Waals surface area contributed by atoms with Crippen molar-refractivity contribution >= 4 is 0 Å². The van der Waals surface area contributed by atoms with Gasteiger partial charge in [-0.2, -0.15) is 0 Å². The lowest BCUT2D eigenvalue weighted by Crippen LogP contribution is -2.27. The van der Waals surface area contributed by atoms with Crippen molar-refractivity contribution in [2.45, 2.75) is 71.6 Å². The van der Waals surface area contributed by atoms with Gasteiger partial charge in [0.2, 0.25) is 5.88 Å². The monoisotopic (exact) mass is 276 g/mol. The average Bonchev–Trinajstić information content (AvgIpc) is 2.46. The molecule has 2 rings (SSSR count). The van der Waals surface area contributed by atoms with Gasteiger partial charge in [-0.05, 0) is 31.2 Å². The van der Waals surface area contributed by atoms with E-state index in [4.69, 9.17) is 4.74 Å².